The molecule has 0 bridgehead atoms. The fourth-order valence-corrected chi connectivity index (χ4v) is 4.31. The Hall–Kier alpha value is -0.910. The van der Waals surface area contributed by atoms with Crippen molar-refractivity contribution < 1.29 is 14.7 Å². The molecule has 5 nitrogen and oxygen atoms in total. The SMILES string of the molecule is CC(C)(C)C1CCCN(C(=O)N2CSCC2C(=O)O)CC1. The van der Waals surface area contributed by atoms with Gasteiger partial charge >= 0.3 is 12.0 Å². The van der Waals surface area contributed by atoms with Crippen molar-refractivity contribution in [3.63, 3.8) is 0 Å². The molecule has 0 aromatic carbocycles. The summed E-state index contributed by atoms with van der Waals surface area (Å²) < 4.78 is 0. The van der Waals surface area contributed by atoms with E-state index in [1.54, 1.807) is 0 Å². The molecular formula is C15H26N2O3S. The maximum absolute atomic E-state index is 12.6. The van der Waals surface area contributed by atoms with Gasteiger partial charge in [0.05, 0.1) is 5.88 Å². The van der Waals surface area contributed by atoms with E-state index >= 15 is 0 Å². The van der Waals surface area contributed by atoms with Crippen LogP contribution in [-0.4, -0.2) is 57.7 Å². The molecule has 0 aromatic rings. The van der Waals surface area contributed by atoms with Gasteiger partial charge in [-0.2, -0.15) is 0 Å². The highest BCUT2D eigenvalue weighted by Gasteiger charge is 2.37. The first-order valence-corrected chi connectivity index (χ1v) is 8.82. The fourth-order valence-electron chi connectivity index (χ4n) is 3.17. The Kier molecular flexibility index (Phi) is 5.07. The predicted molar refractivity (Wildman–Crippen MR) is 84.4 cm³/mol. The van der Waals surface area contributed by atoms with Crippen LogP contribution in [-0.2, 0) is 4.79 Å². The van der Waals surface area contributed by atoms with E-state index in [0.717, 1.165) is 32.4 Å². The van der Waals surface area contributed by atoms with Gasteiger partial charge in [0.15, 0.2) is 0 Å². The standard InChI is InChI=1S/C15H26N2O3S/c1-15(2,3)11-5-4-7-16(8-6-11)14(20)17-10-21-9-12(17)13(18)19/h11-12H,4-10H2,1-3H3,(H,18,19). The Bertz CT molecular complexity index is 408. The summed E-state index contributed by atoms with van der Waals surface area (Å²) >= 11 is 1.52. The summed E-state index contributed by atoms with van der Waals surface area (Å²) in [5, 5.41) is 9.21. The molecule has 0 radical (unpaired) electrons. The average molecular weight is 314 g/mol. The molecule has 2 saturated heterocycles. The van der Waals surface area contributed by atoms with Crippen molar-refractivity contribution in [1.82, 2.24) is 9.80 Å². The number of hydrogen-bond acceptors (Lipinski definition) is 3. The van der Waals surface area contributed by atoms with Gasteiger partial charge in [0.1, 0.15) is 6.04 Å². The highest BCUT2D eigenvalue weighted by molar-refractivity contribution is 7.99. The quantitative estimate of drug-likeness (QED) is 0.808. The second-order valence-electron chi connectivity index (χ2n) is 7.09. The Morgan fingerprint density at radius 3 is 2.52 bits per heavy atom. The fraction of sp³-hybridized carbons (Fsp3) is 0.867. The molecule has 120 valence electrons. The van der Waals surface area contributed by atoms with Gasteiger partial charge in [0.2, 0.25) is 0 Å². The largest absolute Gasteiger partial charge is 0.480 e. The maximum Gasteiger partial charge on any atom is 0.327 e. The third-order valence-electron chi connectivity index (χ3n) is 4.64. The van der Waals surface area contributed by atoms with Crippen molar-refractivity contribution in [1.29, 1.82) is 0 Å². The van der Waals surface area contributed by atoms with Crippen LogP contribution >= 0.6 is 11.8 Å². The van der Waals surface area contributed by atoms with Crippen LogP contribution in [0.5, 0.6) is 0 Å². The Balaban J connectivity index is 1.99. The van der Waals surface area contributed by atoms with Gasteiger partial charge < -0.3 is 14.9 Å². The molecule has 6 heteroatoms. The molecule has 1 N–H and O–H groups in total. The van der Waals surface area contributed by atoms with Gasteiger partial charge in [-0.3, -0.25) is 0 Å². The van der Waals surface area contributed by atoms with Crippen LogP contribution in [0.4, 0.5) is 4.79 Å². The molecule has 2 aliphatic heterocycles. The van der Waals surface area contributed by atoms with E-state index in [1.165, 1.54) is 16.7 Å². The third kappa shape index (κ3) is 3.84. The first kappa shape index (κ1) is 16.5. The normalized spacial score (nSPS) is 27.6. The molecule has 21 heavy (non-hydrogen) atoms. The van der Waals surface area contributed by atoms with Crippen LogP contribution in [0.25, 0.3) is 0 Å². The molecule has 0 aliphatic carbocycles. The summed E-state index contributed by atoms with van der Waals surface area (Å²) in [4.78, 5) is 27.2. The topological polar surface area (TPSA) is 60.9 Å². The number of rotatable bonds is 1. The number of carboxylic acid groups (broad SMARTS) is 1. The number of urea groups is 1. The Morgan fingerprint density at radius 1 is 1.19 bits per heavy atom. The summed E-state index contributed by atoms with van der Waals surface area (Å²) in [5.74, 6) is 0.725. The molecule has 2 rings (SSSR count). The van der Waals surface area contributed by atoms with Crippen LogP contribution in [0.3, 0.4) is 0 Å². The van der Waals surface area contributed by atoms with Crippen LogP contribution < -0.4 is 0 Å². The summed E-state index contributed by atoms with van der Waals surface area (Å²) in [6.45, 7) is 8.26. The van der Waals surface area contributed by atoms with Crippen LogP contribution in [0.15, 0.2) is 0 Å². The van der Waals surface area contributed by atoms with Crippen molar-refractivity contribution in [2.45, 2.75) is 46.1 Å². The minimum atomic E-state index is -0.893. The Labute approximate surface area is 131 Å². The Morgan fingerprint density at radius 2 is 1.90 bits per heavy atom. The lowest BCUT2D eigenvalue weighted by molar-refractivity contribution is -0.140. The average Bonchev–Trinajstić information content (AvgIpc) is 2.73. The van der Waals surface area contributed by atoms with E-state index in [-0.39, 0.29) is 11.4 Å². The molecule has 2 unspecified atom stereocenters. The molecule has 2 amide bonds. The van der Waals surface area contributed by atoms with E-state index in [9.17, 15) is 14.7 Å². The van der Waals surface area contributed by atoms with Crippen molar-refractivity contribution in [2.24, 2.45) is 11.3 Å². The zero-order valence-electron chi connectivity index (χ0n) is 13.2. The first-order valence-electron chi connectivity index (χ1n) is 7.67. The summed E-state index contributed by atoms with van der Waals surface area (Å²) in [5.41, 5.74) is 0.270. The van der Waals surface area contributed by atoms with E-state index in [4.69, 9.17) is 0 Å². The van der Waals surface area contributed by atoms with Crippen LogP contribution in [0, 0.1) is 11.3 Å². The van der Waals surface area contributed by atoms with Gasteiger partial charge in [-0.15, -0.1) is 11.8 Å². The highest BCUT2D eigenvalue weighted by Crippen LogP contribution is 2.34. The van der Waals surface area contributed by atoms with Crippen molar-refractivity contribution in [2.75, 3.05) is 24.7 Å². The third-order valence-corrected chi connectivity index (χ3v) is 5.65. The van der Waals surface area contributed by atoms with Crippen molar-refractivity contribution >= 4 is 23.8 Å². The number of carbonyl (C=O) groups is 2. The molecular weight excluding hydrogens is 288 g/mol. The van der Waals surface area contributed by atoms with Crippen LogP contribution in [0.1, 0.15) is 40.0 Å². The lowest BCUT2D eigenvalue weighted by atomic mass is 9.77. The van der Waals surface area contributed by atoms with Gasteiger partial charge in [-0.25, -0.2) is 9.59 Å². The molecule has 0 aromatic heterocycles. The number of nitrogens with zero attached hydrogens (tertiary/aromatic N) is 2. The molecule has 0 spiro atoms. The highest BCUT2D eigenvalue weighted by atomic mass is 32.2. The van der Waals surface area contributed by atoms with E-state index in [2.05, 4.69) is 20.8 Å². The molecule has 0 saturated carbocycles. The number of amides is 2. The van der Waals surface area contributed by atoms with Gasteiger partial charge in [0, 0.05) is 18.8 Å². The van der Waals surface area contributed by atoms with Crippen LogP contribution in [0.2, 0.25) is 0 Å². The van der Waals surface area contributed by atoms with Gasteiger partial charge in [0.25, 0.3) is 0 Å². The minimum absolute atomic E-state index is 0.0954. The number of aliphatic carboxylic acids is 1. The molecule has 2 aliphatic rings. The number of hydrogen-bond donors (Lipinski definition) is 1. The van der Waals surface area contributed by atoms with Crippen molar-refractivity contribution in [3.05, 3.63) is 0 Å². The zero-order valence-corrected chi connectivity index (χ0v) is 14.0. The zero-order chi connectivity index (χ0) is 15.6. The molecule has 2 fully saturated rings. The predicted octanol–water partition coefficient (Wildman–Crippen LogP) is 2.71. The lowest BCUT2D eigenvalue weighted by Crippen LogP contribution is -2.49. The summed E-state index contributed by atoms with van der Waals surface area (Å²) in [6.07, 6.45) is 3.16. The smallest absolute Gasteiger partial charge is 0.327 e. The second-order valence-corrected chi connectivity index (χ2v) is 8.09. The van der Waals surface area contributed by atoms with Gasteiger partial charge in [-0.05, 0) is 30.6 Å². The summed E-state index contributed by atoms with van der Waals surface area (Å²) in [7, 11) is 0. The number of thioether (sulfide) groups is 1. The van der Waals surface area contributed by atoms with Gasteiger partial charge in [-0.1, -0.05) is 20.8 Å². The minimum Gasteiger partial charge on any atom is -0.480 e. The van der Waals surface area contributed by atoms with Crippen molar-refractivity contribution in [3.8, 4) is 0 Å². The number of likely N-dealkylation sites (tertiary alicyclic amines) is 1. The van der Waals surface area contributed by atoms with E-state index < -0.39 is 12.0 Å². The van der Waals surface area contributed by atoms with E-state index in [0.29, 0.717) is 17.5 Å². The first-order chi connectivity index (χ1) is 9.80. The maximum atomic E-state index is 12.6. The second kappa shape index (κ2) is 6.46. The monoisotopic (exact) mass is 314 g/mol. The molecule has 2 heterocycles. The van der Waals surface area contributed by atoms with E-state index in [1.807, 2.05) is 4.90 Å². The lowest BCUT2D eigenvalue weighted by Gasteiger charge is -2.31. The summed E-state index contributed by atoms with van der Waals surface area (Å²) in [6, 6.07) is -0.758. The number of carbonyl (C=O) groups excluding carboxylic acids is 1. The number of carboxylic acids is 1. The molecule has 2 atom stereocenters.